The smallest absolute Gasteiger partial charge is 0.143 e. The number of nitrogens with zero attached hydrogens (tertiary/aromatic N) is 4. The van der Waals surface area contributed by atoms with Crippen LogP contribution < -0.4 is 11.1 Å². The molecule has 2 aromatic rings. The summed E-state index contributed by atoms with van der Waals surface area (Å²) in [7, 11) is 0. The fraction of sp³-hybridized carbons (Fsp3) is 0.300. The lowest BCUT2D eigenvalue weighted by Crippen LogP contribution is -2.08. The highest BCUT2D eigenvalue weighted by Crippen LogP contribution is 2.12. The molecule has 0 bridgehead atoms. The number of nitrogens with two attached hydrogens (primary N) is 1. The molecule has 1 heterocycles. The minimum atomic E-state index is 0.694. The molecule has 0 amide bonds. The minimum absolute atomic E-state index is 0.694. The molecule has 6 heteroatoms. The number of aromatic nitrogens is 4. The zero-order valence-electron chi connectivity index (χ0n) is 8.87. The Morgan fingerprint density at radius 1 is 1.38 bits per heavy atom. The molecular formula is C10H14N6. The third-order valence-corrected chi connectivity index (χ3v) is 2.17. The van der Waals surface area contributed by atoms with Crippen molar-refractivity contribution in [3.8, 4) is 5.69 Å². The summed E-state index contributed by atoms with van der Waals surface area (Å²) >= 11 is 0. The van der Waals surface area contributed by atoms with Crippen LogP contribution in [0.2, 0.25) is 0 Å². The lowest BCUT2D eigenvalue weighted by Gasteiger charge is -2.06. The van der Waals surface area contributed by atoms with Crippen molar-refractivity contribution in [3.63, 3.8) is 0 Å². The number of benzene rings is 1. The Hall–Kier alpha value is -1.95. The van der Waals surface area contributed by atoms with Gasteiger partial charge < -0.3 is 11.1 Å². The monoisotopic (exact) mass is 218 g/mol. The topological polar surface area (TPSA) is 81.6 Å². The summed E-state index contributed by atoms with van der Waals surface area (Å²) in [5, 5.41) is 14.3. The van der Waals surface area contributed by atoms with Gasteiger partial charge in [-0.25, -0.2) is 4.68 Å². The van der Waals surface area contributed by atoms with E-state index in [1.54, 1.807) is 11.0 Å². The van der Waals surface area contributed by atoms with Gasteiger partial charge in [0.1, 0.15) is 6.33 Å². The first-order valence-corrected chi connectivity index (χ1v) is 5.17. The summed E-state index contributed by atoms with van der Waals surface area (Å²) < 4.78 is 1.62. The second-order valence-corrected chi connectivity index (χ2v) is 3.37. The van der Waals surface area contributed by atoms with E-state index in [2.05, 4.69) is 20.8 Å². The van der Waals surface area contributed by atoms with Crippen LogP contribution in [0, 0.1) is 0 Å². The number of nitrogens with one attached hydrogen (secondary N) is 1. The molecule has 3 N–H and O–H groups in total. The maximum absolute atomic E-state index is 5.43. The third-order valence-electron chi connectivity index (χ3n) is 2.17. The number of tetrazole rings is 1. The Kier molecular flexibility index (Phi) is 3.45. The molecule has 0 unspecified atom stereocenters. The molecule has 0 radical (unpaired) electrons. The normalized spacial score (nSPS) is 10.3. The number of rotatable bonds is 5. The highest BCUT2D eigenvalue weighted by atomic mass is 15.5. The first kappa shape index (κ1) is 10.6. The standard InChI is InChI=1S/C10H14N6/c11-5-2-6-12-9-3-1-4-10(7-9)16-8-13-14-15-16/h1,3-4,7-8,12H,2,5-6,11H2. The predicted octanol–water partition coefficient (Wildman–Crippen LogP) is 0.423. The predicted molar refractivity (Wildman–Crippen MR) is 61.3 cm³/mol. The zero-order chi connectivity index (χ0) is 11.2. The minimum Gasteiger partial charge on any atom is -0.385 e. The average Bonchev–Trinajstić information content (AvgIpc) is 2.83. The molecule has 1 aromatic heterocycles. The van der Waals surface area contributed by atoms with Crippen LogP contribution in [0.15, 0.2) is 30.6 Å². The lowest BCUT2D eigenvalue weighted by molar-refractivity contribution is 0.789. The highest BCUT2D eigenvalue weighted by Gasteiger charge is 1.98. The zero-order valence-corrected chi connectivity index (χ0v) is 8.87. The van der Waals surface area contributed by atoms with E-state index in [1.165, 1.54) is 0 Å². The molecule has 0 atom stereocenters. The molecule has 1 aromatic carbocycles. The second kappa shape index (κ2) is 5.22. The molecule has 6 nitrogen and oxygen atoms in total. The Morgan fingerprint density at radius 2 is 2.31 bits per heavy atom. The molecule has 16 heavy (non-hydrogen) atoms. The molecule has 0 aliphatic heterocycles. The van der Waals surface area contributed by atoms with E-state index in [4.69, 9.17) is 5.73 Å². The van der Waals surface area contributed by atoms with Crippen LogP contribution in [0.5, 0.6) is 0 Å². The quantitative estimate of drug-likeness (QED) is 0.711. The molecule has 84 valence electrons. The van der Waals surface area contributed by atoms with Gasteiger partial charge in [0, 0.05) is 12.2 Å². The second-order valence-electron chi connectivity index (χ2n) is 3.37. The van der Waals surface area contributed by atoms with Crippen LogP contribution in [0.3, 0.4) is 0 Å². The van der Waals surface area contributed by atoms with Crippen molar-refractivity contribution in [2.24, 2.45) is 5.73 Å². The Morgan fingerprint density at radius 3 is 3.06 bits per heavy atom. The number of hydrogen-bond donors (Lipinski definition) is 2. The van der Waals surface area contributed by atoms with Gasteiger partial charge in [-0.2, -0.15) is 0 Å². The number of anilines is 1. The number of hydrogen-bond acceptors (Lipinski definition) is 5. The van der Waals surface area contributed by atoms with Gasteiger partial charge in [-0.3, -0.25) is 0 Å². The van der Waals surface area contributed by atoms with Gasteiger partial charge in [0.05, 0.1) is 5.69 Å². The summed E-state index contributed by atoms with van der Waals surface area (Å²) in [5.41, 5.74) is 7.41. The molecule has 0 fully saturated rings. The highest BCUT2D eigenvalue weighted by molar-refractivity contribution is 5.50. The first-order valence-electron chi connectivity index (χ1n) is 5.17. The molecule has 0 aliphatic carbocycles. The van der Waals surface area contributed by atoms with Crippen molar-refractivity contribution in [1.29, 1.82) is 0 Å². The Bertz CT molecular complexity index is 425. The van der Waals surface area contributed by atoms with Crippen molar-refractivity contribution in [2.75, 3.05) is 18.4 Å². The molecule has 0 saturated heterocycles. The Balaban J connectivity index is 2.08. The van der Waals surface area contributed by atoms with Crippen molar-refractivity contribution in [3.05, 3.63) is 30.6 Å². The largest absolute Gasteiger partial charge is 0.385 e. The van der Waals surface area contributed by atoms with E-state index < -0.39 is 0 Å². The third kappa shape index (κ3) is 2.54. The SMILES string of the molecule is NCCCNc1cccc(-n2cnnn2)c1. The molecule has 2 rings (SSSR count). The van der Waals surface area contributed by atoms with Crippen LogP contribution in [-0.2, 0) is 0 Å². The van der Waals surface area contributed by atoms with Crippen molar-refractivity contribution >= 4 is 5.69 Å². The molecule has 0 spiro atoms. The van der Waals surface area contributed by atoms with E-state index in [9.17, 15) is 0 Å². The summed E-state index contributed by atoms with van der Waals surface area (Å²) in [6, 6.07) is 7.91. The van der Waals surface area contributed by atoms with Crippen LogP contribution >= 0.6 is 0 Å². The van der Waals surface area contributed by atoms with Crippen LogP contribution in [0.4, 0.5) is 5.69 Å². The van der Waals surface area contributed by atoms with E-state index in [1.807, 2.05) is 24.3 Å². The maximum Gasteiger partial charge on any atom is 0.143 e. The van der Waals surface area contributed by atoms with Gasteiger partial charge in [0.25, 0.3) is 0 Å². The summed E-state index contributed by atoms with van der Waals surface area (Å²) in [6.45, 7) is 1.56. The summed E-state index contributed by atoms with van der Waals surface area (Å²) in [5.74, 6) is 0. The van der Waals surface area contributed by atoms with Crippen LogP contribution in [-0.4, -0.2) is 33.3 Å². The summed E-state index contributed by atoms with van der Waals surface area (Å²) in [4.78, 5) is 0. The fourth-order valence-corrected chi connectivity index (χ4v) is 1.37. The van der Waals surface area contributed by atoms with Gasteiger partial charge in [0.15, 0.2) is 0 Å². The first-order chi connectivity index (χ1) is 7.90. The lowest BCUT2D eigenvalue weighted by atomic mass is 10.2. The van der Waals surface area contributed by atoms with Gasteiger partial charge >= 0.3 is 0 Å². The molecular weight excluding hydrogens is 204 g/mol. The van der Waals surface area contributed by atoms with Crippen molar-refractivity contribution in [1.82, 2.24) is 20.2 Å². The summed E-state index contributed by atoms with van der Waals surface area (Å²) in [6.07, 6.45) is 2.52. The van der Waals surface area contributed by atoms with Gasteiger partial charge in [-0.05, 0) is 41.6 Å². The molecule has 0 saturated carbocycles. The fourth-order valence-electron chi connectivity index (χ4n) is 1.37. The van der Waals surface area contributed by atoms with E-state index in [0.29, 0.717) is 6.54 Å². The Labute approximate surface area is 93.5 Å². The van der Waals surface area contributed by atoms with Gasteiger partial charge in [-0.1, -0.05) is 6.07 Å². The maximum atomic E-state index is 5.43. The van der Waals surface area contributed by atoms with Crippen molar-refractivity contribution in [2.45, 2.75) is 6.42 Å². The van der Waals surface area contributed by atoms with E-state index in [0.717, 1.165) is 24.3 Å². The molecule has 0 aliphatic rings. The van der Waals surface area contributed by atoms with E-state index in [-0.39, 0.29) is 0 Å². The van der Waals surface area contributed by atoms with Gasteiger partial charge in [-0.15, -0.1) is 5.10 Å². The van der Waals surface area contributed by atoms with Crippen molar-refractivity contribution < 1.29 is 0 Å². The van der Waals surface area contributed by atoms with Crippen LogP contribution in [0.25, 0.3) is 5.69 Å². The van der Waals surface area contributed by atoms with Gasteiger partial charge in [0.2, 0.25) is 0 Å². The van der Waals surface area contributed by atoms with E-state index >= 15 is 0 Å². The van der Waals surface area contributed by atoms with Crippen LogP contribution in [0.1, 0.15) is 6.42 Å². The average molecular weight is 218 g/mol.